The third-order valence-electron chi connectivity index (χ3n) is 6.75. The van der Waals surface area contributed by atoms with Gasteiger partial charge in [-0.2, -0.15) is 0 Å². The molecule has 5 rings (SSSR count). The van der Waals surface area contributed by atoms with Crippen LogP contribution >= 0.6 is 0 Å². The van der Waals surface area contributed by atoms with Gasteiger partial charge in [-0.1, -0.05) is 47.5 Å². The molecule has 5 nitrogen and oxygen atoms in total. The number of imide groups is 1. The largest absolute Gasteiger partial charge is 0.292 e. The highest BCUT2D eigenvalue weighted by Gasteiger charge is 2.64. The predicted molar refractivity (Wildman–Crippen MR) is 110 cm³/mol. The van der Waals surface area contributed by atoms with Gasteiger partial charge in [-0.05, 0) is 45.4 Å². The molecular weight excluding hydrogens is 364 g/mol. The predicted octanol–water partition coefficient (Wildman–Crippen LogP) is 3.14. The Labute approximate surface area is 170 Å². The van der Waals surface area contributed by atoms with Gasteiger partial charge < -0.3 is 0 Å². The number of hydrogen-bond donors (Lipinski definition) is 0. The van der Waals surface area contributed by atoms with Crippen LogP contribution in [0.25, 0.3) is 0 Å². The lowest BCUT2D eigenvalue weighted by atomic mass is 9.85. The maximum absolute atomic E-state index is 13.5. The van der Waals surface area contributed by atoms with E-state index in [1.807, 2.05) is 62.4 Å². The first kappa shape index (κ1) is 18.3. The molecule has 0 aliphatic carbocycles. The number of Topliss-reactive ketones (excluding diaryl/α,β-unsaturated/α-hetero) is 1. The molecule has 29 heavy (non-hydrogen) atoms. The summed E-state index contributed by atoms with van der Waals surface area (Å²) >= 11 is 0. The zero-order valence-electron chi connectivity index (χ0n) is 16.7. The third kappa shape index (κ3) is 2.68. The lowest BCUT2D eigenvalue weighted by molar-refractivity contribution is -0.123. The quantitative estimate of drug-likeness (QED) is 0.599. The molecule has 3 saturated heterocycles. The monoisotopic (exact) mass is 388 g/mol. The van der Waals surface area contributed by atoms with Crippen LogP contribution in [-0.4, -0.2) is 41.1 Å². The molecule has 4 atom stereocenters. The first-order valence-electron chi connectivity index (χ1n) is 10.3. The van der Waals surface area contributed by atoms with E-state index in [-0.39, 0.29) is 23.6 Å². The van der Waals surface area contributed by atoms with E-state index < -0.39 is 17.9 Å². The molecule has 0 radical (unpaired) electrons. The van der Waals surface area contributed by atoms with Gasteiger partial charge in [0.2, 0.25) is 11.8 Å². The zero-order valence-corrected chi connectivity index (χ0v) is 16.7. The van der Waals surface area contributed by atoms with Crippen LogP contribution in [0.15, 0.2) is 48.5 Å². The fourth-order valence-electron chi connectivity index (χ4n) is 5.35. The van der Waals surface area contributed by atoms with Gasteiger partial charge in [-0.3, -0.25) is 19.3 Å². The Morgan fingerprint density at radius 2 is 1.45 bits per heavy atom. The number of amides is 2. The minimum absolute atomic E-state index is 0.0219. The van der Waals surface area contributed by atoms with Crippen molar-refractivity contribution in [3.63, 3.8) is 0 Å². The van der Waals surface area contributed by atoms with Gasteiger partial charge in [-0.15, -0.1) is 0 Å². The summed E-state index contributed by atoms with van der Waals surface area (Å²) in [4.78, 5) is 43.7. The van der Waals surface area contributed by atoms with Crippen LogP contribution in [0.3, 0.4) is 0 Å². The number of nitrogens with zero attached hydrogens (tertiary/aromatic N) is 2. The van der Waals surface area contributed by atoms with Crippen molar-refractivity contribution in [3.8, 4) is 0 Å². The van der Waals surface area contributed by atoms with Crippen LogP contribution in [0.2, 0.25) is 0 Å². The second-order valence-electron chi connectivity index (χ2n) is 8.52. The van der Waals surface area contributed by atoms with E-state index in [4.69, 9.17) is 0 Å². The Morgan fingerprint density at radius 3 is 2.10 bits per heavy atom. The number of carbonyl (C=O) groups excluding carboxylic acids is 3. The van der Waals surface area contributed by atoms with Gasteiger partial charge in [0.1, 0.15) is 0 Å². The van der Waals surface area contributed by atoms with Crippen molar-refractivity contribution in [3.05, 3.63) is 65.2 Å². The van der Waals surface area contributed by atoms with Crippen molar-refractivity contribution in [2.75, 3.05) is 11.4 Å². The van der Waals surface area contributed by atoms with Crippen LogP contribution in [0.4, 0.5) is 5.69 Å². The molecule has 3 fully saturated rings. The summed E-state index contributed by atoms with van der Waals surface area (Å²) in [6.07, 6.45) is 1.82. The highest BCUT2D eigenvalue weighted by molar-refractivity contribution is 6.24. The highest BCUT2D eigenvalue weighted by atomic mass is 16.2. The van der Waals surface area contributed by atoms with Gasteiger partial charge in [0.25, 0.3) is 0 Å². The number of aryl methyl sites for hydroxylation is 2. The minimum atomic E-state index is -0.595. The summed E-state index contributed by atoms with van der Waals surface area (Å²) < 4.78 is 0. The van der Waals surface area contributed by atoms with Gasteiger partial charge in [0, 0.05) is 11.6 Å². The minimum Gasteiger partial charge on any atom is -0.292 e. The Morgan fingerprint density at radius 1 is 0.862 bits per heavy atom. The molecule has 0 unspecified atom stereocenters. The molecule has 0 bridgehead atoms. The van der Waals surface area contributed by atoms with Crippen molar-refractivity contribution < 1.29 is 14.4 Å². The van der Waals surface area contributed by atoms with Crippen LogP contribution in [-0.2, 0) is 9.59 Å². The summed E-state index contributed by atoms with van der Waals surface area (Å²) in [5, 5.41) is 0. The van der Waals surface area contributed by atoms with Crippen molar-refractivity contribution in [2.45, 2.75) is 38.8 Å². The zero-order chi connectivity index (χ0) is 20.3. The van der Waals surface area contributed by atoms with E-state index in [1.165, 1.54) is 4.90 Å². The average Bonchev–Trinajstić information content (AvgIpc) is 3.35. The molecule has 2 amide bonds. The van der Waals surface area contributed by atoms with Gasteiger partial charge in [0.05, 0.1) is 23.6 Å². The van der Waals surface area contributed by atoms with E-state index in [0.29, 0.717) is 11.3 Å². The molecule has 0 aromatic heterocycles. The number of carbonyl (C=O) groups is 3. The first-order chi connectivity index (χ1) is 14.0. The summed E-state index contributed by atoms with van der Waals surface area (Å²) in [7, 11) is 0. The van der Waals surface area contributed by atoms with Gasteiger partial charge >= 0.3 is 0 Å². The topological polar surface area (TPSA) is 57.7 Å². The Hall–Kier alpha value is -2.79. The molecule has 0 spiro atoms. The molecule has 2 aromatic rings. The smallest absolute Gasteiger partial charge is 0.239 e. The maximum atomic E-state index is 13.5. The van der Waals surface area contributed by atoms with Crippen molar-refractivity contribution >= 4 is 23.3 Å². The summed E-state index contributed by atoms with van der Waals surface area (Å²) in [6.45, 7) is 4.72. The van der Waals surface area contributed by atoms with Crippen molar-refractivity contribution in [2.24, 2.45) is 11.8 Å². The Kier molecular flexibility index (Phi) is 4.17. The van der Waals surface area contributed by atoms with Crippen molar-refractivity contribution in [1.29, 1.82) is 0 Å². The Balaban J connectivity index is 1.54. The number of ketones is 1. The van der Waals surface area contributed by atoms with Gasteiger partial charge in [-0.25, -0.2) is 4.90 Å². The number of hydrogen-bond acceptors (Lipinski definition) is 4. The van der Waals surface area contributed by atoms with E-state index in [0.717, 1.165) is 30.5 Å². The number of anilines is 1. The molecule has 3 heterocycles. The molecule has 2 aromatic carbocycles. The fourth-order valence-corrected chi connectivity index (χ4v) is 5.35. The molecule has 0 saturated carbocycles. The van der Waals surface area contributed by atoms with Crippen LogP contribution in [0, 0.1) is 25.7 Å². The lowest BCUT2D eigenvalue weighted by Crippen LogP contribution is -2.46. The van der Waals surface area contributed by atoms with E-state index >= 15 is 0 Å². The molecule has 5 heteroatoms. The van der Waals surface area contributed by atoms with Crippen molar-refractivity contribution in [1.82, 2.24) is 4.90 Å². The second kappa shape index (κ2) is 6.63. The van der Waals surface area contributed by atoms with Crippen LogP contribution < -0.4 is 4.90 Å². The molecule has 3 aliphatic heterocycles. The van der Waals surface area contributed by atoms with E-state index in [9.17, 15) is 14.4 Å². The SMILES string of the molecule is Cc1ccc(C(=O)[C@@H]2[C@H]3C(=O)N(c4ccc(C)cc4)C(=O)[C@@H]3[C@H]3CCCN32)cc1. The highest BCUT2D eigenvalue weighted by Crippen LogP contribution is 2.48. The van der Waals surface area contributed by atoms with E-state index in [2.05, 4.69) is 4.90 Å². The Bertz CT molecular complexity index is 996. The summed E-state index contributed by atoms with van der Waals surface area (Å²) in [5.74, 6) is -1.45. The maximum Gasteiger partial charge on any atom is 0.239 e. The second-order valence-corrected chi connectivity index (χ2v) is 8.52. The molecule has 3 aliphatic rings. The lowest BCUT2D eigenvalue weighted by Gasteiger charge is -2.27. The fraction of sp³-hybridized carbons (Fsp3) is 0.375. The number of rotatable bonds is 3. The third-order valence-corrected chi connectivity index (χ3v) is 6.75. The summed E-state index contributed by atoms with van der Waals surface area (Å²) in [6, 6.07) is 14.4. The molecular formula is C24H24N2O3. The standard InChI is InChI=1S/C24H24N2O3/c1-14-5-9-16(10-6-14)22(27)21-20-19(18-4-3-13-25(18)21)23(28)26(24(20)29)17-11-7-15(2)8-12-17/h5-12,18-21H,3-4,13H2,1-2H3/t18-,19-,20+,21+/m1/s1. The van der Waals surface area contributed by atoms with Gasteiger partial charge in [0.15, 0.2) is 5.78 Å². The summed E-state index contributed by atoms with van der Waals surface area (Å²) in [5.41, 5.74) is 3.37. The normalized spacial score (nSPS) is 28.7. The average molecular weight is 388 g/mol. The molecule has 148 valence electrons. The molecule has 0 N–H and O–H groups in total. The number of fused-ring (bicyclic) bond motifs is 3. The first-order valence-corrected chi connectivity index (χ1v) is 10.3. The number of benzene rings is 2. The van der Waals surface area contributed by atoms with E-state index in [1.54, 1.807) is 0 Å². The van der Waals surface area contributed by atoms with Crippen LogP contribution in [0.1, 0.15) is 34.3 Å². The van der Waals surface area contributed by atoms with Crippen LogP contribution in [0.5, 0.6) is 0 Å².